The van der Waals surface area contributed by atoms with E-state index in [9.17, 15) is 19.5 Å². The van der Waals surface area contributed by atoms with Crippen LogP contribution < -0.4 is 34.0 Å². The van der Waals surface area contributed by atoms with Gasteiger partial charge in [0.15, 0.2) is 0 Å². The number of unbranched alkanes of at least 4 members (excludes halogenated alkanes) is 3. The number of quaternary nitrogens is 2. The number of carbonyl (C=O) groups is 3. The Labute approximate surface area is 299 Å². The van der Waals surface area contributed by atoms with Gasteiger partial charge in [-0.15, -0.1) is 0 Å². The number of hydrogen-bond acceptors (Lipinski definition) is 6. The Morgan fingerprint density at radius 1 is 0.894 bits per heavy atom. The fraction of sp³-hybridized carbons (Fsp3) is 0.583. The second kappa shape index (κ2) is 15.6. The average molecular weight is 780 g/mol. The predicted octanol–water partition coefficient (Wildman–Crippen LogP) is -2.24. The molecule has 9 nitrogen and oxygen atoms in total. The number of likely N-dealkylation sites (N-methyl/N-ethyl adjacent to an activating group) is 1. The van der Waals surface area contributed by atoms with Gasteiger partial charge in [-0.3, -0.25) is 19.3 Å². The fourth-order valence-electron chi connectivity index (χ4n) is 8.29. The third kappa shape index (κ3) is 7.86. The van der Waals surface area contributed by atoms with Crippen molar-refractivity contribution in [2.75, 3.05) is 53.9 Å². The summed E-state index contributed by atoms with van der Waals surface area (Å²) in [4.78, 5) is 39.7. The van der Waals surface area contributed by atoms with E-state index in [1.54, 1.807) is 24.3 Å². The number of hydrogen-bond donors (Lipinski definition) is 1. The number of fused-ring (bicyclic) bond motifs is 6. The van der Waals surface area contributed by atoms with E-state index in [-0.39, 0.29) is 76.7 Å². The summed E-state index contributed by atoms with van der Waals surface area (Å²) < 4.78 is 14.0. The number of amides is 2. The third-order valence-corrected chi connectivity index (χ3v) is 11.0. The molecule has 3 saturated heterocycles. The van der Waals surface area contributed by atoms with Gasteiger partial charge in [-0.1, -0.05) is 42.5 Å². The normalized spacial score (nSPS) is 27.7. The van der Waals surface area contributed by atoms with E-state index in [0.717, 1.165) is 59.8 Å². The van der Waals surface area contributed by atoms with Crippen LogP contribution in [0.2, 0.25) is 0 Å². The van der Waals surface area contributed by atoms with Crippen molar-refractivity contribution in [3.05, 3.63) is 71.3 Å². The number of epoxide rings is 1. The number of ether oxygens (including phenoxy) is 2. The van der Waals surface area contributed by atoms with Crippen LogP contribution >= 0.6 is 0 Å². The number of benzene rings is 2. The summed E-state index contributed by atoms with van der Waals surface area (Å²) in [5.74, 6) is -1.31. The van der Waals surface area contributed by atoms with Gasteiger partial charge in [0.05, 0.1) is 58.5 Å². The van der Waals surface area contributed by atoms with Gasteiger partial charge in [0, 0.05) is 25.8 Å². The van der Waals surface area contributed by atoms with Crippen LogP contribution in [0.25, 0.3) is 0 Å². The minimum Gasteiger partial charge on any atom is -1.00 e. The van der Waals surface area contributed by atoms with Gasteiger partial charge in [-0.05, 0) is 43.4 Å². The largest absolute Gasteiger partial charge is 1.00 e. The Balaban J connectivity index is 0.00000250. The van der Waals surface area contributed by atoms with Gasteiger partial charge in [0.25, 0.3) is 11.8 Å². The number of aliphatic hydroxyl groups is 1. The summed E-state index contributed by atoms with van der Waals surface area (Å²) in [5, 5.41) is 9.91. The molecule has 4 aliphatic rings. The quantitative estimate of drug-likeness (QED) is 0.0724. The van der Waals surface area contributed by atoms with E-state index >= 15 is 0 Å². The molecule has 258 valence electrons. The third-order valence-electron chi connectivity index (χ3n) is 11.0. The van der Waals surface area contributed by atoms with Crippen molar-refractivity contribution < 1.29 is 71.9 Å². The Morgan fingerprint density at radius 3 is 2.04 bits per heavy atom. The van der Waals surface area contributed by atoms with Crippen molar-refractivity contribution in [2.45, 2.75) is 81.3 Å². The van der Waals surface area contributed by atoms with E-state index in [1.807, 2.05) is 30.3 Å². The van der Waals surface area contributed by atoms with Gasteiger partial charge in [0.1, 0.15) is 36.3 Å². The zero-order chi connectivity index (χ0) is 31.8. The highest BCUT2D eigenvalue weighted by Gasteiger charge is 2.71. The van der Waals surface area contributed by atoms with Crippen molar-refractivity contribution in [1.29, 1.82) is 0 Å². The van der Waals surface area contributed by atoms with Gasteiger partial charge < -0.3 is 57.5 Å². The van der Waals surface area contributed by atoms with E-state index in [0.29, 0.717) is 29.8 Å². The van der Waals surface area contributed by atoms with E-state index in [4.69, 9.17) is 9.47 Å². The first kappa shape index (κ1) is 37.7. The summed E-state index contributed by atoms with van der Waals surface area (Å²) in [7, 11) is 6.84. The lowest BCUT2D eigenvalue weighted by atomic mass is 9.94. The maximum absolute atomic E-state index is 13.0. The van der Waals surface area contributed by atoms with Crippen LogP contribution in [0.5, 0.6) is 0 Å². The van der Waals surface area contributed by atoms with Crippen LogP contribution in [0.1, 0.15) is 77.1 Å². The molecule has 0 aromatic heterocycles. The van der Waals surface area contributed by atoms with Crippen molar-refractivity contribution in [3.8, 4) is 0 Å². The molecule has 0 saturated carbocycles. The number of esters is 1. The number of aliphatic hydroxyl groups excluding tert-OH is 1. The second-order valence-corrected chi connectivity index (χ2v) is 14.4. The average Bonchev–Trinajstić information content (AvgIpc) is 3.75. The Morgan fingerprint density at radius 2 is 1.45 bits per heavy atom. The van der Waals surface area contributed by atoms with Crippen molar-refractivity contribution in [1.82, 2.24) is 4.90 Å². The zero-order valence-electron chi connectivity index (χ0n) is 27.7. The lowest BCUT2D eigenvalue weighted by Gasteiger charge is -2.48. The molecule has 2 aromatic carbocycles. The first-order chi connectivity index (χ1) is 21.6. The van der Waals surface area contributed by atoms with E-state index in [1.165, 1.54) is 24.2 Å². The Kier molecular flexibility index (Phi) is 12.5. The molecule has 7 atom stereocenters. The summed E-state index contributed by atoms with van der Waals surface area (Å²) >= 11 is 0. The number of nitrogens with zero attached hydrogens (tertiary/aromatic N) is 3. The number of morpholine rings is 1. The lowest BCUT2D eigenvalue weighted by Crippen LogP contribution is -3.00. The van der Waals surface area contributed by atoms with Crippen LogP contribution in [0.15, 0.2) is 54.6 Å². The molecule has 0 spiro atoms. The molecule has 4 aliphatic heterocycles. The van der Waals surface area contributed by atoms with Gasteiger partial charge in [-0.2, -0.15) is 0 Å². The number of piperidine rings is 1. The smallest absolute Gasteiger partial charge is 0.316 e. The lowest BCUT2D eigenvalue weighted by molar-refractivity contribution is -0.956. The topological polar surface area (TPSA) is 96.4 Å². The first-order valence-corrected chi connectivity index (χ1v) is 16.8. The molecule has 4 heterocycles. The van der Waals surface area contributed by atoms with Crippen LogP contribution in [0, 0.1) is 0 Å². The fourth-order valence-corrected chi connectivity index (χ4v) is 8.29. The van der Waals surface area contributed by atoms with Crippen LogP contribution in [-0.2, 0) is 14.3 Å². The highest BCUT2D eigenvalue weighted by molar-refractivity contribution is 6.21. The minimum atomic E-state index is -0.641. The highest BCUT2D eigenvalue weighted by atomic mass is 79.9. The van der Waals surface area contributed by atoms with Gasteiger partial charge >= 0.3 is 5.97 Å². The number of carbonyl (C=O) groups excluding carboxylic acids is 3. The second-order valence-electron chi connectivity index (χ2n) is 14.4. The molecular weight excluding hydrogens is 730 g/mol. The van der Waals surface area contributed by atoms with Crippen LogP contribution in [0.4, 0.5) is 0 Å². The van der Waals surface area contributed by atoms with Gasteiger partial charge in [0.2, 0.25) is 0 Å². The molecule has 2 bridgehead atoms. The standard InChI is InChI=1S/C36H49N3O6.2BrH/c1-38(2,20-13-18-37-34(41)27-16-9-10-17-28(27)35(37)42)19-11-4-5-12-21-39(3)30-22-26(23-31(39)33-32(30)45-33)44-36(43)29(24-40)25-14-7-6-8-15-25;;/h6-10,14-17,26,29-33,40H,4-5,11-13,18-24H2,1-3H3;2*1H/q+2;;/p-2/t26?,29-,30-,31+,32-,33+,39?;;/m1../s1. The first-order valence-electron chi connectivity index (χ1n) is 16.8. The molecular formula is C36H49Br2N3O6. The SMILES string of the molecule is C[N+](C)(CCCCCC[N+]1(C)[C@@H]2CC(OC(=O)[C@H](CO)c3ccccc3)C[C@H]1[C@@H]1O[C@@H]12)CCCN1C(=O)c2ccccc2C1=O.[Br-].[Br-]. The molecule has 11 heteroatoms. The van der Waals surface area contributed by atoms with E-state index in [2.05, 4.69) is 21.1 Å². The Hall–Kier alpha value is -2.15. The molecule has 0 aliphatic carbocycles. The number of imide groups is 1. The van der Waals surface area contributed by atoms with Crippen LogP contribution in [-0.4, -0.2) is 121 Å². The molecule has 3 fully saturated rings. The monoisotopic (exact) mass is 777 g/mol. The molecule has 2 amide bonds. The highest BCUT2D eigenvalue weighted by Crippen LogP contribution is 2.53. The molecule has 0 radical (unpaired) electrons. The summed E-state index contributed by atoms with van der Waals surface area (Å²) in [6.07, 6.45) is 7.56. The Bertz CT molecular complexity index is 1360. The minimum absolute atomic E-state index is 0. The van der Waals surface area contributed by atoms with Crippen molar-refractivity contribution in [2.24, 2.45) is 0 Å². The van der Waals surface area contributed by atoms with Crippen molar-refractivity contribution in [3.63, 3.8) is 0 Å². The molecule has 6 rings (SSSR count). The van der Waals surface area contributed by atoms with E-state index < -0.39 is 5.92 Å². The zero-order valence-corrected chi connectivity index (χ0v) is 30.9. The molecule has 2 aromatic rings. The van der Waals surface area contributed by atoms with Gasteiger partial charge in [-0.25, -0.2) is 0 Å². The molecule has 47 heavy (non-hydrogen) atoms. The predicted molar refractivity (Wildman–Crippen MR) is 169 cm³/mol. The molecule has 2 unspecified atom stereocenters. The number of rotatable bonds is 15. The summed E-state index contributed by atoms with van der Waals surface area (Å²) in [5.41, 5.74) is 1.83. The number of halogens is 2. The maximum Gasteiger partial charge on any atom is 0.316 e. The maximum atomic E-state index is 13.0. The van der Waals surface area contributed by atoms with Crippen molar-refractivity contribution >= 4 is 17.8 Å². The summed E-state index contributed by atoms with van der Waals surface area (Å²) in [6.45, 7) is 3.32. The summed E-state index contributed by atoms with van der Waals surface area (Å²) in [6, 6.07) is 17.2. The molecule has 1 N–H and O–H groups in total. The van der Waals surface area contributed by atoms with Crippen LogP contribution in [0.3, 0.4) is 0 Å².